The van der Waals surface area contributed by atoms with Crippen LogP contribution < -0.4 is 5.32 Å². The number of fused-ring (bicyclic) bond motifs is 1. The van der Waals surface area contributed by atoms with Crippen molar-refractivity contribution in [2.24, 2.45) is 0 Å². The Balaban J connectivity index is 2.20. The summed E-state index contributed by atoms with van der Waals surface area (Å²) in [5, 5.41) is 3.30. The lowest BCUT2D eigenvalue weighted by Gasteiger charge is -2.07. The molecule has 17 heavy (non-hydrogen) atoms. The SMILES string of the molecule is COCCCNc1nc(Cl)nc2nccnc12. The molecule has 90 valence electrons. The van der Waals surface area contributed by atoms with E-state index in [0.29, 0.717) is 23.6 Å². The number of halogens is 1. The maximum absolute atomic E-state index is 5.81. The van der Waals surface area contributed by atoms with E-state index in [1.807, 2.05) is 0 Å². The number of anilines is 1. The van der Waals surface area contributed by atoms with Crippen LogP contribution in [0.3, 0.4) is 0 Å². The van der Waals surface area contributed by atoms with Gasteiger partial charge in [-0.05, 0) is 18.0 Å². The van der Waals surface area contributed by atoms with Crippen LogP contribution in [0.2, 0.25) is 5.28 Å². The topological polar surface area (TPSA) is 72.8 Å². The molecule has 0 spiro atoms. The van der Waals surface area contributed by atoms with Crippen LogP contribution in [0.15, 0.2) is 12.4 Å². The highest BCUT2D eigenvalue weighted by atomic mass is 35.5. The molecule has 0 radical (unpaired) electrons. The zero-order valence-electron chi connectivity index (χ0n) is 9.35. The third-order valence-corrected chi connectivity index (χ3v) is 2.29. The van der Waals surface area contributed by atoms with Crippen LogP contribution in [0.4, 0.5) is 5.82 Å². The molecule has 0 unspecified atom stereocenters. The summed E-state index contributed by atoms with van der Waals surface area (Å²) in [6, 6.07) is 0. The van der Waals surface area contributed by atoms with E-state index in [4.69, 9.17) is 16.3 Å². The van der Waals surface area contributed by atoms with E-state index in [1.54, 1.807) is 19.5 Å². The number of nitrogens with zero attached hydrogens (tertiary/aromatic N) is 4. The molecule has 0 saturated heterocycles. The molecular weight excluding hydrogens is 242 g/mol. The smallest absolute Gasteiger partial charge is 0.226 e. The van der Waals surface area contributed by atoms with Crippen LogP contribution in [0.25, 0.3) is 11.2 Å². The van der Waals surface area contributed by atoms with Gasteiger partial charge in [0.25, 0.3) is 0 Å². The molecule has 0 atom stereocenters. The predicted molar refractivity (Wildman–Crippen MR) is 65.1 cm³/mol. The Hall–Kier alpha value is -1.53. The Bertz CT molecular complexity index is 507. The van der Waals surface area contributed by atoms with E-state index >= 15 is 0 Å². The standard InChI is InChI=1S/C10H12ClN5O/c1-17-6-2-3-13-8-7-9(14-5-4-12-7)16-10(11)15-8/h4-5H,2-3,6H2,1H3,(H,13,14,15,16). The van der Waals surface area contributed by atoms with Crippen LogP contribution in [0.5, 0.6) is 0 Å². The van der Waals surface area contributed by atoms with E-state index in [-0.39, 0.29) is 5.28 Å². The fourth-order valence-electron chi connectivity index (χ4n) is 1.38. The molecule has 0 aliphatic carbocycles. The number of aromatic nitrogens is 4. The summed E-state index contributed by atoms with van der Waals surface area (Å²) < 4.78 is 4.96. The summed E-state index contributed by atoms with van der Waals surface area (Å²) in [6.45, 7) is 1.42. The van der Waals surface area contributed by atoms with Crippen LogP contribution in [0, 0.1) is 0 Å². The average Bonchev–Trinajstić information content (AvgIpc) is 2.34. The fraction of sp³-hybridized carbons (Fsp3) is 0.400. The van der Waals surface area contributed by atoms with Gasteiger partial charge in [-0.2, -0.15) is 9.97 Å². The van der Waals surface area contributed by atoms with E-state index in [2.05, 4.69) is 25.3 Å². The van der Waals surface area contributed by atoms with E-state index in [1.165, 1.54) is 0 Å². The normalized spacial score (nSPS) is 10.7. The highest BCUT2D eigenvalue weighted by Gasteiger charge is 2.07. The molecule has 0 amide bonds. The van der Waals surface area contributed by atoms with Crippen molar-refractivity contribution in [3.8, 4) is 0 Å². The first-order valence-corrected chi connectivity index (χ1v) is 5.56. The van der Waals surface area contributed by atoms with Gasteiger partial charge >= 0.3 is 0 Å². The molecule has 0 aliphatic rings. The number of methoxy groups -OCH3 is 1. The third-order valence-electron chi connectivity index (χ3n) is 2.12. The van der Waals surface area contributed by atoms with Gasteiger partial charge in [-0.25, -0.2) is 9.97 Å². The first-order chi connectivity index (χ1) is 8.31. The second-order valence-electron chi connectivity index (χ2n) is 3.34. The molecule has 2 aromatic rings. The summed E-state index contributed by atoms with van der Waals surface area (Å²) in [5.41, 5.74) is 1.11. The zero-order valence-corrected chi connectivity index (χ0v) is 10.1. The molecule has 0 fully saturated rings. The first-order valence-electron chi connectivity index (χ1n) is 5.18. The summed E-state index contributed by atoms with van der Waals surface area (Å²) >= 11 is 5.81. The van der Waals surface area contributed by atoms with Crippen LogP contribution in [0.1, 0.15) is 6.42 Å². The van der Waals surface area contributed by atoms with Gasteiger partial charge in [-0.1, -0.05) is 0 Å². The van der Waals surface area contributed by atoms with Gasteiger partial charge in [-0.15, -0.1) is 0 Å². The van der Waals surface area contributed by atoms with Crippen LogP contribution >= 0.6 is 11.6 Å². The molecule has 7 heteroatoms. The summed E-state index contributed by atoms with van der Waals surface area (Å²) in [4.78, 5) is 16.4. The largest absolute Gasteiger partial charge is 0.385 e. The summed E-state index contributed by atoms with van der Waals surface area (Å²) in [5.74, 6) is 0.601. The molecule has 2 heterocycles. The average molecular weight is 254 g/mol. The molecule has 1 N–H and O–H groups in total. The van der Waals surface area contributed by atoms with Crippen molar-refractivity contribution in [2.45, 2.75) is 6.42 Å². The highest BCUT2D eigenvalue weighted by Crippen LogP contribution is 2.17. The third kappa shape index (κ3) is 2.98. The summed E-state index contributed by atoms with van der Waals surface area (Å²) in [7, 11) is 1.67. The minimum absolute atomic E-state index is 0.159. The van der Waals surface area contributed by atoms with Crippen molar-refractivity contribution >= 4 is 28.6 Å². The number of hydrogen-bond donors (Lipinski definition) is 1. The van der Waals surface area contributed by atoms with Crippen molar-refractivity contribution in [1.29, 1.82) is 0 Å². The Kier molecular flexibility index (Phi) is 4.00. The zero-order chi connectivity index (χ0) is 12.1. The first kappa shape index (κ1) is 11.9. The minimum Gasteiger partial charge on any atom is -0.385 e. The number of nitrogens with one attached hydrogen (secondary N) is 1. The Labute approximate surface area is 103 Å². The molecule has 2 aromatic heterocycles. The van der Waals surface area contributed by atoms with Crippen molar-refractivity contribution < 1.29 is 4.74 Å². The van der Waals surface area contributed by atoms with Gasteiger partial charge < -0.3 is 10.1 Å². The minimum atomic E-state index is 0.159. The van der Waals surface area contributed by atoms with E-state index < -0.39 is 0 Å². The predicted octanol–water partition coefficient (Wildman–Crippen LogP) is 1.52. The van der Waals surface area contributed by atoms with E-state index in [0.717, 1.165) is 13.0 Å². The van der Waals surface area contributed by atoms with Crippen molar-refractivity contribution in [1.82, 2.24) is 19.9 Å². The van der Waals surface area contributed by atoms with Gasteiger partial charge in [0.15, 0.2) is 17.0 Å². The van der Waals surface area contributed by atoms with Gasteiger partial charge in [0.05, 0.1) is 0 Å². The van der Waals surface area contributed by atoms with Crippen LogP contribution in [-0.2, 0) is 4.74 Å². The van der Waals surface area contributed by atoms with Crippen molar-refractivity contribution in [3.05, 3.63) is 17.7 Å². The molecule has 0 saturated carbocycles. The van der Waals surface area contributed by atoms with Crippen molar-refractivity contribution in [3.63, 3.8) is 0 Å². The lowest BCUT2D eigenvalue weighted by atomic mass is 10.4. The quantitative estimate of drug-likeness (QED) is 0.643. The number of ether oxygens (including phenoxy) is 1. The second kappa shape index (κ2) is 5.70. The fourth-order valence-corrected chi connectivity index (χ4v) is 1.55. The lowest BCUT2D eigenvalue weighted by Crippen LogP contribution is -2.08. The number of rotatable bonds is 5. The van der Waals surface area contributed by atoms with Crippen LogP contribution in [-0.4, -0.2) is 40.2 Å². The molecule has 0 aromatic carbocycles. The van der Waals surface area contributed by atoms with Gasteiger partial charge in [0.2, 0.25) is 5.28 Å². The maximum Gasteiger partial charge on any atom is 0.226 e. The Morgan fingerprint density at radius 3 is 2.94 bits per heavy atom. The summed E-state index contributed by atoms with van der Waals surface area (Å²) in [6.07, 6.45) is 4.04. The van der Waals surface area contributed by atoms with Gasteiger partial charge in [-0.3, -0.25) is 0 Å². The monoisotopic (exact) mass is 253 g/mol. The highest BCUT2D eigenvalue weighted by molar-refractivity contribution is 6.28. The lowest BCUT2D eigenvalue weighted by molar-refractivity contribution is 0.198. The van der Waals surface area contributed by atoms with Gasteiger partial charge in [0.1, 0.15) is 0 Å². The molecule has 2 rings (SSSR count). The van der Waals surface area contributed by atoms with Crippen molar-refractivity contribution in [2.75, 3.05) is 25.6 Å². The number of hydrogen-bond acceptors (Lipinski definition) is 6. The maximum atomic E-state index is 5.81. The molecule has 6 nitrogen and oxygen atoms in total. The molecule has 0 bridgehead atoms. The molecular formula is C10H12ClN5O. The van der Waals surface area contributed by atoms with Gasteiger partial charge in [0, 0.05) is 32.7 Å². The Morgan fingerprint density at radius 2 is 2.12 bits per heavy atom. The second-order valence-corrected chi connectivity index (χ2v) is 3.68. The van der Waals surface area contributed by atoms with E-state index in [9.17, 15) is 0 Å². The molecule has 0 aliphatic heterocycles. The Morgan fingerprint density at radius 1 is 1.29 bits per heavy atom.